The number of rotatable bonds is 5. The first-order chi connectivity index (χ1) is 12.9. The fourth-order valence-electron chi connectivity index (χ4n) is 3.91. The first-order valence-corrected chi connectivity index (χ1v) is 11.5. The maximum Gasteiger partial charge on any atom is 0.244 e. The molecule has 27 heavy (non-hydrogen) atoms. The summed E-state index contributed by atoms with van der Waals surface area (Å²) in [6.45, 7) is 4.32. The Kier molecular flexibility index (Phi) is 6.78. The van der Waals surface area contributed by atoms with Gasteiger partial charge in [-0.15, -0.1) is 0 Å². The van der Waals surface area contributed by atoms with Gasteiger partial charge in [0.25, 0.3) is 0 Å². The fraction of sp³-hybridized carbons (Fsp3) is 0.632. The van der Waals surface area contributed by atoms with E-state index in [0.29, 0.717) is 38.6 Å². The lowest BCUT2D eigenvalue weighted by atomic mass is 9.86. The second-order valence-electron chi connectivity index (χ2n) is 7.55. The highest BCUT2D eigenvalue weighted by atomic mass is 35.5. The highest BCUT2D eigenvalue weighted by Crippen LogP contribution is 2.25. The maximum absolute atomic E-state index is 12.8. The summed E-state index contributed by atoms with van der Waals surface area (Å²) in [7, 11) is -3.60. The molecule has 2 aliphatic rings. The average molecular weight is 414 g/mol. The Balaban J connectivity index is 1.51. The number of amides is 1. The lowest BCUT2D eigenvalue weighted by Crippen LogP contribution is -2.52. The largest absolute Gasteiger partial charge is 0.352 e. The third-order valence-corrected chi connectivity index (χ3v) is 8.01. The van der Waals surface area contributed by atoms with Gasteiger partial charge in [-0.05, 0) is 30.9 Å². The highest BCUT2D eigenvalue weighted by Gasteiger charge is 2.31. The molecule has 1 aliphatic heterocycles. The van der Waals surface area contributed by atoms with Crippen molar-refractivity contribution in [2.45, 2.75) is 43.5 Å². The Bertz CT molecular complexity index is 763. The van der Waals surface area contributed by atoms with Crippen molar-refractivity contribution in [3.63, 3.8) is 0 Å². The second kappa shape index (κ2) is 8.90. The van der Waals surface area contributed by atoms with Gasteiger partial charge in [-0.1, -0.05) is 43.5 Å². The standard InChI is InChI=1S/C19H28ClN3O3S/c1-15-6-2-4-8-17(15)21-19(24)14-22-10-12-23(13-11-22)27(25,26)18-9-5-3-7-16(18)20/h3,5,7,9,15,17H,2,4,6,8,10-14H2,1H3,(H,21,24). The minimum atomic E-state index is -3.60. The van der Waals surface area contributed by atoms with E-state index in [1.165, 1.54) is 29.6 Å². The van der Waals surface area contributed by atoms with Gasteiger partial charge >= 0.3 is 0 Å². The van der Waals surface area contributed by atoms with E-state index in [-0.39, 0.29) is 21.9 Å². The van der Waals surface area contributed by atoms with Crippen molar-refractivity contribution < 1.29 is 13.2 Å². The molecule has 2 fully saturated rings. The van der Waals surface area contributed by atoms with Crippen molar-refractivity contribution in [1.82, 2.24) is 14.5 Å². The molecular formula is C19H28ClN3O3S. The molecule has 6 nitrogen and oxygen atoms in total. The van der Waals surface area contributed by atoms with Gasteiger partial charge in [0, 0.05) is 32.2 Å². The van der Waals surface area contributed by atoms with Crippen molar-refractivity contribution >= 4 is 27.5 Å². The molecule has 1 N–H and O–H groups in total. The van der Waals surface area contributed by atoms with Crippen LogP contribution in [0.25, 0.3) is 0 Å². The molecule has 3 rings (SSSR count). The van der Waals surface area contributed by atoms with E-state index in [0.717, 1.165) is 6.42 Å². The van der Waals surface area contributed by atoms with Crippen LogP contribution < -0.4 is 5.32 Å². The quantitative estimate of drug-likeness (QED) is 0.804. The first kappa shape index (κ1) is 20.6. The highest BCUT2D eigenvalue weighted by molar-refractivity contribution is 7.89. The number of nitrogens with one attached hydrogen (secondary N) is 1. The van der Waals surface area contributed by atoms with Gasteiger partial charge in [-0.25, -0.2) is 8.42 Å². The van der Waals surface area contributed by atoms with Crippen LogP contribution in [-0.2, 0) is 14.8 Å². The van der Waals surface area contributed by atoms with E-state index in [1.54, 1.807) is 18.2 Å². The lowest BCUT2D eigenvalue weighted by molar-refractivity contribution is -0.123. The van der Waals surface area contributed by atoms with Gasteiger partial charge in [-0.3, -0.25) is 9.69 Å². The molecule has 1 aromatic rings. The monoisotopic (exact) mass is 413 g/mol. The van der Waals surface area contributed by atoms with Gasteiger partial charge in [0.15, 0.2) is 0 Å². The number of carbonyl (C=O) groups is 1. The Labute approximate surface area is 166 Å². The minimum Gasteiger partial charge on any atom is -0.352 e. The third-order valence-electron chi connectivity index (χ3n) is 5.61. The number of hydrogen-bond donors (Lipinski definition) is 1. The van der Waals surface area contributed by atoms with Crippen molar-refractivity contribution in [2.75, 3.05) is 32.7 Å². The maximum atomic E-state index is 12.8. The Morgan fingerprint density at radius 2 is 1.81 bits per heavy atom. The van der Waals surface area contributed by atoms with Crippen LogP contribution >= 0.6 is 11.6 Å². The zero-order chi connectivity index (χ0) is 19.4. The Morgan fingerprint density at radius 3 is 2.48 bits per heavy atom. The summed E-state index contributed by atoms with van der Waals surface area (Å²) in [4.78, 5) is 14.5. The number of halogens is 1. The predicted octanol–water partition coefficient (Wildman–Crippen LogP) is 2.34. The normalized spacial score (nSPS) is 25.3. The van der Waals surface area contributed by atoms with E-state index in [2.05, 4.69) is 12.2 Å². The zero-order valence-electron chi connectivity index (χ0n) is 15.7. The summed E-state index contributed by atoms with van der Waals surface area (Å²) < 4.78 is 27.0. The van der Waals surface area contributed by atoms with E-state index in [4.69, 9.17) is 11.6 Å². The fourth-order valence-corrected chi connectivity index (χ4v) is 5.82. The molecule has 1 amide bonds. The SMILES string of the molecule is CC1CCCCC1NC(=O)CN1CCN(S(=O)(=O)c2ccccc2Cl)CC1. The topological polar surface area (TPSA) is 69.7 Å². The molecule has 1 heterocycles. The number of hydrogen-bond acceptors (Lipinski definition) is 4. The van der Waals surface area contributed by atoms with E-state index < -0.39 is 10.0 Å². The molecule has 1 saturated carbocycles. The number of piperazine rings is 1. The van der Waals surface area contributed by atoms with Gasteiger partial charge in [-0.2, -0.15) is 4.31 Å². The Hall–Kier alpha value is -1.15. The number of nitrogens with zero attached hydrogens (tertiary/aromatic N) is 2. The lowest BCUT2D eigenvalue weighted by Gasteiger charge is -2.34. The number of benzene rings is 1. The smallest absolute Gasteiger partial charge is 0.244 e. The first-order valence-electron chi connectivity index (χ1n) is 9.64. The molecule has 2 atom stereocenters. The summed E-state index contributed by atoms with van der Waals surface area (Å²) in [5.74, 6) is 0.566. The van der Waals surface area contributed by atoms with Crippen molar-refractivity contribution in [1.29, 1.82) is 0 Å². The third kappa shape index (κ3) is 5.02. The van der Waals surface area contributed by atoms with Crippen LogP contribution in [-0.4, -0.2) is 62.3 Å². The molecule has 0 spiro atoms. The zero-order valence-corrected chi connectivity index (χ0v) is 17.3. The predicted molar refractivity (Wildman–Crippen MR) is 106 cm³/mol. The molecule has 1 aromatic carbocycles. The van der Waals surface area contributed by atoms with Crippen molar-refractivity contribution in [2.24, 2.45) is 5.92 Å². The van der Waals surface area contributed by atoms with E-state index >= 15 is 0 Å². The summed E-state index contributed by atoms with van der Waals surface area (Å²) in [6.07, 6.45) is 4.64. The molecule has 0 radical (unpaired) electrons. The van der Waals surface area contributed by atoms with Crippen LogP contribution in [0.1, 0.15) is 32.6 Å². The van der Waals surface area contributed by atoms with Gasteiger partial charge in [0.2, 0.25) is 15.9 Å². The minimum absolute atomic E-state index is 0.0381. The molecule has 150 valence electrons. The summed E-state index contributed by atoms with van der Waals surface area (Å²) in [6, 6.07) is 6.77. The van der Waals surface area contributed by atoms with Crippen LogP contribution in [0.15, 0.2) is 29.2 Å². The molecule has 2 unspecified atom stereocenters. The molecule has 1 saturated heterocycles. The van der Waals surface area contributed by atoms with Crippen molar-refractivity contribution in [3.05, 3.63) is 29.3 Å². The summed E-state index contributed by atoms with van der Waals surface area (Å²) in [5.41, 5.74) is 0. The van der Waals surface area contributed by atoms with Crippen LogP contribution in [0.4, 0.5) is 0 Å². The van der Waals surface area contributed by atoms with Crippen LogP contribution in [0, 0.1) is 5.92 Å². The van der Waals surface area contributed by atoms with Crippen LogP contribution in [0.2, 0.25) is 5.02 Å². The molecule has 0 bridgehead atoms. The van der Waals surface area contributed by atoms with Crippen LogP contribution in [0.3, 0.4) is 0 Å². The summed E-state index contributed by atoms with van der Waals surface area (Å²) >= 11 is 6.06. The molecule has 8 heteroatoms. The molecule has 1 aliphatic carbocycles. The van der Waals surface area contributed by atoms with E-state index in [9.17, 15) is 13.2 Å². The van der Waals surface area contributed by atoms with Gasteiger partial charge in [0.1, 0.15) is 4.90 Å². The van der Waals surface area contributed by atoms with Crippen molar-refractivity contribution in [3.8, 4) is 0 Å². The molecular weight excluding hydrogens is 386 g/mol. The second-order valence-corrected chi connectivity index (χ2v) is 9.86. The number of sulfonamides is 1. The average Bonchev–Trinajstić information content (AvgIpc) is 2.64. The Morgan fingerprint density at radius 1 is 1.15 bits per heavy atom. The van der Waals surface area contributed by atoms with Gasteiger partial charge < -0.3 is 5.32 Å². The van der Waals surface area contributed by atoms with Crippen LogP contribution in [0.5, 0.6) is 0 Å². The van der Waals surface area contributed by atoms with E-state index in [1.807, 2.05) is 4.90 Å². The van der Waals surface area contributed by atoms with Gasteiger partial charge in [0.05, 0.1) is 11.6 Å². The number of carbonyl (C=O) groups excluding carboxylic acids is 1. The summed E-state index contributed by atoms with van der Waals surface area (Å²) in [5, 5.41) is 3.40. The molecule has 0 aromatic heterocycles.